The first kappa shape index (κ1) is 15.5. The lowest BCUT2D eigenvalue weighted by Gasteiger charge is -2.08. The van der Waals surface area contributed by atoms with E-state index in [0.29, 0.717) is 5.56 Å². The molecule has 1 aromatic heterocycles. The molecule has 0 aliphatic heterocycles. The highest BCUT2D eigenvalue weighted by Gasteiger charge is 2.24. The molecule has 0 spiro atoms. The van der Waals surface area contributed by atoms with Gasteiger partial charge in [0, 0.05) is 11.6 Å². The van der Waals surface area contributed by atoms with E-state index in [4.69, 9.17) is 27.2 Å². The first-order valence-corrected chi connectivity index (χ1v) is 6.73. The highest BCUT2D eigenvalue weighted by molar-refractivity contribution is 6.31. The number of benzene rings is 1. The second-order valence-electron chi connectivity index (χ2n) is 4.50. The van der Waals surface area contributed by atoms with E-state index in [9.17, 15) is 4.79 Å². The number of ether oxygens (including phenoxy) is 1. The Bertz CT molecular complexity index is 628. The van der Waals surface area contributed by atoms with Crippen molar-refractivity contribution in [2.24, 2.45) is 5.73 Å². The first-order valence-electron chi connectivity index (χ1n) is 6.36. The van der Waals surface area contributed by atoms with Crippen molar-refractivity contribution >= 4 is 17.6 Å². The lowest BCUT2D eigenvalue weighted by atomic mass is 10.1. The Morgan fingerprint density at radius 2 is 2.14 bits per heavy atom. The van der Waals surface area contributed by atoms with Crippen molar-refractivity contribution in [3.63, 3.8) is 0 Å². The Labute approximate surface area is 127 Å². The summed E-state index contributed by atoms with van der Waals surface area (Å²) in [5.74, 6) is -0.591. The van der Waals surface area contributed by atoms with Crippen molar-refractivity contribution in [2.45, 2.75) is 12.5 Å². The number of hydrogen-bond acceptors (Lipinski definition) is 5. The fourth-order valence-electron chi connectivity index (χ4n) is 1.94. The van der Waals surface area contributed by atoms with Crippen LogP contribution in [0.25, 0.3) is 5.69 Å². The Morgan fingerprint density at radius 1 is 1.48 bits per heavy atom. The second kappa shape index (κ2) is 6.71. The summed E-state index contributed by atoms with van der Waals surface area (Å²) in [6.07, 6.45) is 0.229. The Morgan fingerprint density at radius 3 is 2.71 bits per heavy atom. The molecule has 3 N–H and O–H groups in total. The Kier molecular flexibility index (Phi) is 4.95. The minimum atomic E-state index is -0.591. The van der Waals surface area contributed by atoms with Crippen LogP contribution in [0.1, 0.15) is 16.1 Å². The predicted molar refractivity (Wildman–Crippen MR) is 78.7 cm³/mol. The van der Waals surface area contributed by atoms with E-state index in [1.54, 1.807) is 0 Å². The van der Waals surface area contributed by atoms with E-state index in [2.05, 4.69) is 5.10 Å². The van der Waals surface area contributed by atoms with E-state index in [1.807, 2.05) is 30.3 Å². The molecule has 2 aromatic rings. The SMILES string of the molecule is COC(=O)c1nn(-c2ccccc2)c(Cl)c1CC(N)CO. The van der Waals surface area contributed by atoms with Crippen molar-refractivity contribution in [1.29, 1.82) is 0 Å². The van der Waals surface area contributed by atoms with Gasteiger partial charge in [0.05, 0.1) is 19.4 Å². The molecule has 1 unspecified atom stereocenters. The number of carbonyl (C=O) groups is 1. The molecule has 0 saturated carbocycles. The van der Waals surface area contributed by atoms with Crippen LogP contribution in [0.15, 0.2) is 30.3 Å². The maximum absolute atomic E-state index is 11.8. The molecule has 6 nitrogen and oxygen atoms in total. The summed E-state index contributed by atoms with van der Waals surface area (Å²) in [5, 5.41) is 13.6. The van der Waals surface area contributed by atoms with Crippen LogP contribution < -0.4 is 5.73 Å². The van der Waals surface area contributed by atoms with Gasteiger partial charge >= 0.3 is 5.97 Å². The van der Waals surface area contributed by atoms with Crippen LogP contribution in [0.4, 0.5) is 0 Å². The summed E-state index contributed by atoms with van der Waals surface area (Å²) in [6, 6.07) is 8.64. The molecule has 2 rings (SSSR count). The number of para-hydroxylation sites is 1. The number of aliphatic hydroxyl groups is 1. The maximum Gasteiger partial charge on any atom is 0.358 e. The summed E-state index contributed by atoms with van der Waals surface area (Å²) in [5.41, 5.74) is 7.03. The molecule has 0 radical (unpaired) electrons. The van der Waals surface area contributed by atoms with Crippen molar-refractivity contribution in [1.82, 2.24) is 9.78 Å². The minimum absolute atomic E-state index is 0.107. The predicted octanol–water partition coefficient (Wildman–Crippen LogP) is 1.17. The van der Waals surface area contributed by atoms with Gasteiger partial charge in [0.1, 0.15) is 5.15 Å². The average molecular weight is 310 g/mol. The number of methoxy groups -OCH3 is 1. The van der Waals surface area contributed by atoms with E-state index in [-0.39, 0.29) is 23.9 Å². The van der Waals surface area contributed by atoms with Gasteiger partial charge in [0.25, 0.3) is 0 Å². The van der Waals surface area contributed by atoms with Crippen molar-refractivity contribution in [2.75, 3.05) is 13.7 Å². The smallest absolute Gasteiger partial charge is 0.358 e. The Hall–Kier alpha value is -1.89. The van der Waals surface area contributed by atoms with Crippen LogP contribution in [-0.4, -0.2) is 40.6 Å². The molecule has 0 aliphatic rings. The molecular weight excluding hydrogens is 294 g/mol. The third kappa shape index (κ3) is 3.24. The largest absolute Gasteiger partial charge is 0.464 e. The summed E-state index contributed by atoms with van der Waals surface area (Å²) in [7, 11) is 1.27. The fourth-order valence-corrected chi connectivity index (χ4v) is 2.24. The van der Waals surface area contributed by atoms with Crippen LogP contribution >= 0.6 is 11.6 Å². The van der Waals surface area contributed by atoms with Gasteiger partial charge in [0.15, 0.2) is 5.69 Å². The quantitative estimate of drug-likeness (QED) is 0.809. The maximum atomic E-state index is 11.8. The highest BCUT2D eigenvalue weighted by atomic mass is 35.5. The molecule has 112 valence electrons. The number of nitrogens with zero attached hydrogens (tertiary/aromatic N) is 2. The molecular formula is C14H16ClN3O3. The van der Waals surface area contributed by atoms with Gasteiger partial charge in [0.2, 0.25) is 0 Å². The van der Waals surface area contributed by atoms with Crippen LogP contribution in [0.5, 0.6) is 0 Å². The molecule has 0 saturated heterocycles. The minimum Gasteiger partial charge on any atom is -0.464 e. The average Bonchev–Trinajstić information content (AvgIpc) is 2.84. The van der Waals surface area contributed by atoms with Gasteiger partial charge in [-0.1, -0.05) is 29.8 Å². The van der Waals surface area contributed by atoms with E-state index in [0.717, 1.165) is 5.69 Å². The molecule has 0 aliphatic carbocycles. The van der Waals surface area contributed by atoms with E-state index >= 15 is 0 Å². The van der Waals surface area contributed by atoms with Gasteiger partial charge < -0.3 is 15.6 Å². The number of nitrogens with two attached hydrogens (primary N) is 1. The van der Waals surface area contributed by atoms with Crippen LogP contribution in [0, 0.1) is 0 Å². The van der Waals surface area contributed by atoms with Gasteiger partial charge in [-0.2, -0.15) is 5.10 Å². The number of hydrogen-bond donors (Lipinski definition) is 2. The van der Waals surface area contributed by atoms with E-state index < -0.39 is 12.0 Å². The lowest BCUT2D eigenvalue weighted by molar-refractivity contribution is 0.0592. The van der Waals surface area contributed by atoms with Gasteiger partial charge in [-0.05, 0) is 18.6 Å². The van der Waals surface area contributed by atoms with E-state index in [1.165, 1.54) is 11.8 Å². The molecule has 1 aromatic carbocycles. The standard InChI is InChI=1S/C14H16ClN3O3/c1-21-14(20)12-11(7-9(16)8-19)13(15)18(17-12)10-5-3-2-4-6-10/h2-6,9,19H,7-8,16H2,1H3. The summed E-state index contributed by atoms with van der Waals surface area (Å²) in [6.45, 7) is -0.215. The molecule has 1 atom stereocenters. The second-order valence-corrected chi connectivity index (χ2v) is 4.86. The zero-order valence-electron chi connectivity index (χ0n) is 11.5. The number of aromatic nitrogens is 2. The lowest BCUT2D eigenvalue weighted by Crippen LogP contribution is -2.27. The summed E-state index contributed by atoms with van der Waals surface area (Å²) < 4.78 is 6.17. The number of aliphatic hydroxyl groups excluding tert-OH is 1. The van der Waals surface area contributed by atoms with Gasteiger partial charge in [-0.3, -0.25) is 0 Å². The van der Waals surface area contributed by atoms with Crippen LogP contribution in [-0.2, 0) is 11.2 Å². The molecule has 1 heterocycles. The molecule has 0 fully saturated rings. The van der Waals surface area contributed by atoms with Gasteiger partial charge in [-0.25, -0.2) is 9.48 Å². The topological polar surface area (TPSA) is 90.4 Å². The fraction of sp³-hybridized carbons (Fsp3) is 0.286. The molecule has 7 heteroatoms. The van der Waals surface area contributed by atoms with Crippen LogP contribution in [0.3, 0.4) is 0 Å². The monoisotopic (exact) mass is 309 g/mol. The molecule has 21 heavy (non-hydrogen) atoms. The third-order valence-electron chi connectivity index (χ3n) is 3.00. The Balaban J connectivity index is 2.52. The normalized spacial score (nSPS) is 12.2. The number of halogens is 1. The molecule has 0 amide bonds. The summed E-state index contributed by atoms with van der Waals surface area (Å²) >= 11 is 6.32. The van der Waals surface area contributed by atoms with Gasteiger partial charge in [-0.15, -0.1) is 0 Å². The summed E-state index contributed by atoms with van der Waals surface area (Å²) in [4.78, 5) is 11.8. The number of carbonyl (C=O) groups excluding carboxylic acids is 1. The third-order valence-corrected chi connectivity index (χ3v) is 3.39. The highest BCUT2D eigenvalue weighted by Crippen LogP contribution is 2.25. The van der Waals surface area contributed by atoms with Crippen molar-refractivity contribution in [3.8, 4) is 5.69 Å². The number of rotatable bonds is 5. The van der Waals surface area contributed by atoms with Crippen LogP contribution in [0.2, 0.25) is 5.15 Å². The zero-order valence-corrected chi connectivity index (χ0v) is 12.2. The molecule has 0 bridgehead atoms. The zero-order chi connectivity index (χ0) is 15.4. The first-order chi connectivity index (χ1) is 10.1. The van der Waals surface area contributed by atoms with Crippen molar-refractivity contribution < 1.29 is 14.6 Å². The van der Waals surface area contributed by atoms with Crippen molar-refractivity contribution in [3.05, 3.63) is 46.7 Å². The number of esters is 1.